The lowest BCUT2D eigenvalue weighted by Gasteiger charge is -2.21. The highest BCUT2D eigenvalue weighted by molar-refractivity contribution is 5.82. The summed E-state index contributed by atoms with van der Waals surface area (Å²) >= 11 is 0. The molecular formula is C18H18FNO4. The van der Waals surface area contributed by atoms with Gasteiger partial charge in [0.25, 0.3) is 5.91 Å². The van der Waals surface area contributed by atoms with Gasteiger partial charge in [-0.05, 0) is 36.8 Å². The number of carboxylic acid groups (broad SMARTS) is 1. The smallest absolute Gasteiger partial charge is 0.305 e. The Bertz CT molecular complexity index is 688. The molecule has 2 aromatic carbocycles. The molecule has 0 saturated heterocycles. The molecule has 0 fully saturated rings. The highest BCUT2D eigenvalue weighted by Crippen LogP contribution is 2.18. The summed E-state index contributed by atoms with van der Waals surface area (Å²) in [5.74, 6) is -1.41. The van der Waals surface area contributed by atoms with Crippen molar-refractivity contribution in [3.05, 3.63) is 66.0 Å². The number of ether oxygens (including phenoxy) is 1. The Balaban J connectivity index is 2.06. The van der Waals surface area contributed by atoms with E-state index in [-0.39, 0.29) is 6.42 Å². The number of halogens is 1. The maximum Gasteiger partial charge on any atom is 0.305 e. The third kappa shape index (κ3) is 5.08. The Kier molecular flexibility index (Phi) is 5.89. The Morgan fingerprint density at radius 2 is 1.75 bits per heavy atom. The summed E-state index contributed by atoms with van der Waals surface area (Å²) in [6.45, 7) is 1.57. The lowest BCUT2D eigenvalue weighted by molar-refractivity contribution is -0.138. The molecule has 6 heteroatoms. The average molecular weight is 331 g/mol. The molecule has 5 nitrogen and oxygen atoms in total. The van der Waals surface area contributed by atoms with Gasteiger partial charge in [0.05, 0.1) is 12.5 Å². The van der Waals surface area contributed by atoms with Gasteiger partial charge >= 0.3 is 5.97 Å². The molecule has 24 heavy (non-hydrogen) atoms. The van der Waals surface area contributed by atoms with Crippen molar-refractivity contribution in [1.82, 2.24) is 5.32 Å². The van der Waals surface area contributed by atoms with Gasteiger partial charge in [0.15, 0.2) is 6.10 Å². The normalized spacial score (nSPS) is 12.9. The fraction of sp³-hybridized carbons (Fsp3) is 0.222. The topological polar surface area (TPSA) is 75.6 Å². The third-order valence-corrected chi connectivity index (χ3v) is 3.39. The van der Waals surface area contributed by atoms with Crippen molar-refractivity contribution in [2.24, 2.45) is 0 Å². The van der Waals surface area contributed by atoms with E-state index in [0.29, 0.717) is 11.3 Å². The number of benzene rings is 2. The van der Waals surface area contributed by atoms with Gasteiger partial charge in [-0.15, -0.1) is 0 Å². The molecular weight excluding hydrogens is 313 g/mol. The lowest BCUT2D eigenvalue weighted by atomic mass is 10.0. The second-order valence-electron chi connectivity index (χ2n) is 5.28. The van der Waals surface area contributed by atoms with E-state index in [1.54, 1.807) is 31.2 Å². The van der Waals surface area contributed by atoms with Crippen LogP contribution in [-0.4, -0.2) is 23.1 Å². The monoisotopic (exact) mass is 331 g/mol. The van der Waals surface area contributed by atoms with E-state index in [1.165, 1.54) is 24.3 Å². The number of nitrogens with one attached hydrogen (secondary N) is 1. The number of hydrogen-bond acceptors (Lipinski definition) is 3. The van der Waals surface area contributed by atoms with E-state index < -0.39 is 29.8 Å². The molecule has 0 aliphatic rings. The van der Waals surface area contributed by atoms with E-state index in [0.717, 1.165) is 0 Å². The molecule has 2 aromatic rings. The summed E-state index contributed by atoms with van der Waals surface area (Å²) in [6.07, 6.45) is -1.11. The zero-order valence-electron chi connectivity index (χ0n) is 13.1. The summed E-state index contributed by atoms with van der Waals surface area (Å²) in [4.78, 5) is 23.3. The minimum absolute atomic E-state index is 0.310. The van der Waals surface area contributed by atoms with Gasteiger partial charge in [-0.25, -0.2) is 4.39 Å². The van der Waals surface area contributed by atoms with Crippen LogP contribution in [0.3, 0.4) is 0 Å². The molecule has 0 bridgehead atoms. The van der Waals surface area contributed by atoms with Crippen LogP contribution in [0, 0.1) is 5.82 Å². The fourth-order valence-corrected chi connectivity index (χ4v) is 2.17. The Morgan fingerprint density at radius 1 is 1.12 bits per heavy atom. The molecule has 0 unspecified atom stereocenters. The van der Waals surface area contributed by atoms with Crippen molar-refractivity contribution in [2.45, 2.75) is 25.5 Å². The third-order valence-electron chi connectivity index (χ3n) is 3.39. The summed E-state index contributed by atoms with van der Waals surface area (Å²) in [5.41, 5.74) is 0.513. The highest BCUT2D eigenvalue weighted by Gasteiger charge is 2.22. The van der Waals surface area contributed by atoms with Crippen LogP contribution in [0.15, 0.2) is 54.6 Å². The standard InChI is InChI=1S/C18H18FNO4/c1-12(24-15-5-3-2-4-6-15)18(23)20-16(11-17(21)22)13-7-9-14(19)10-8-13/h2-10,12,16H,11H2,1H3,(H,20,23)(H,21,22)/t12-,16-/m0/s1. The molecule has 0 heterocycles. The van der Waals surface area contributed by atoms with Crippen molar-refractivity contribution in [3.8, 4) is 5.75 Å². The quantitative estimate of drug-likeness (QED) is 0.818. The van der Waals surface area contributed by atoms with Gasteiger partial charge in [0.1, 0.15) is 11.6 Å². The van der Waals surface area contributed by atoms with Crippen molar-refractivity contribution >= 4 is 11.9 Å². The number of amides is 1. The fourth-order valence-electron chi connectivity index (χ4n) is 2.17. The van der Waals surface area contributed by atoms with E-state index in [4.69, 9.17) is 9.84 Å². The van der Waals surface area contributed by atoms with Crippen LogP contribution in [0.25, 0.3) is 0 Å². The van der Waals surface area contributed by atoms with Crippen molar-refractivity contribution < 1.29 is 23.8 Å². The van der Waals surface area contributed by atoms with Gasteiger partial charge < -0.3 is 15.2 Å². The van der Waals surface area contributed by atoms with Gasteiger partial charge in [0.2, 0.25) is 0 Å². The minimum Gasteiger partial charge on any atom is -0.481 e. The predicted octanol–water partition coefficient (Wildman–Crippen LogP) is 2.93. The average Bonchev–Trinajstić information content (AvgIpc) is 2.55. The number of para-hydroxylation sites is 1. The first-order valence-electron chi connectivity index (χ1n) is 7.45. The van der Waals surface area contributed by atoms with Crippen LogP contribution < -0.4 is 10.1 Å². The number of rotatable bonds is 7. The number of carboxylic acids is 1. The molecule has 1 amide bonds. The second-order valence-corrected chi connectivity index (χ2v) is 5.28. The maximum absolute atomic E-state index is 13.0. The zero-order valence-corrected chi connectivity index (χ0v) is 13.1. The molecule has 0 saturated carbocycles. The molecule has 2 rings (SSSR count). The van der Waals surface area contributed by atoms with Crippen LogP contribution in [0.2, 0.25) is 0 Å². The van der Waals surface area contributed by atoms with E-state index in [9.17, 15) is 14.0 Å². The van der Waals surface area contributed by atoms with Gasteiger partial charge in [-0.1, -0.05) is 30.3 Å². The van der Waals surface area contributed by atoms with Crippen LogP contribution >= 0.6 is 0 Å². The summed E-state index contributed by atoms with van der Waals surface area (Å²) in [7, 11) is 0. The number of aliphatic carboxylic acids is 1. The predicted molar refractivity (Wildman–Crippen MR) is 86.1 cm³/mol. The zero-order chi connectivity index (χ0) is 17.5. The molecule has 2 N–H and O–H groups in total. The Hall–Kier alpha value is -2.89. The second kappa shape index (κ2) is 8.10. The first kappa shape index (κ1) is 17.5. The number of hydrogen-bond donors (Lipinski definition) is 2. The van der Waals surface area contributed by atoms with Crippen LogP contribution in [-0.2, 0) is 9.59 Å². The Morgan fingerprint density at radius 3 is 2.33 bits per heavy atom. The van der Waals surface area contributed by atoms with Crippen LogP contribution in [0.1, 0.15) is 24.9 Å². The molecule has 0 aliphatic carbocycles. The number of carbonyl (C=O) groups is 2. The summed E-state index contributed by atoms with van der Waals surface area (Å²) in [5, 5.41) is 11.7. The highest BCUT2D eigenvalue weighted by atomic mass is 19.1. The SMILES string of the molecule is C[C@H](Oc1ccccc1)C(=O)N[C@@H](CC(=O)O)c1ccc(F)cc1. The molecule has 2 atom stereocenters. The number of carbonyl (C=O) groups excluding carboxylic acids is 1. The van der Waals surface area contributed by atoms with Crippen molar-refractivity contribution in [1.29, 1.82) is 0 Å². The molecule has 0 spiro atoms. The largest absolute Gasteiger partial charge is 0.481 e. The van der Waals surface area contributed by atoms with Gasteiger partial charge in [-0.2, -0.15) is 0 Å². The van der Waals surface area contributed by atoms with Crippen LogP contribution in [0.5, 0.6) is 5.75 Å². The molecule has 0 aliphatic heterocycles. The van der Waals surface area contributed by atoms with Crippen molar-refractivity contribution in [2.75, 3.05) is 0 Å². The van der Waals surface area contributed by atoms with Crippen molar-refractivity contribution in [3.63, 3.8) is 0 Å². The summed E-state index contributed by atoms with van der Waals surface area (Å²) < 4.78 is 18.5. The first-order valence-corrected chi connectivity index (χ1v) is 7.45. The minimum atomic E-state index is -1.07. The van der Waals surface area contributed by atoms with E-state index in [1.807, 2.05) is 6.07 Å². The summed E-state index contributed by atoms with van der Waals surface area (Å²) in [6, 6.07) is 13.4. The van der Waals surface area contributed by atoms with Gasteiger partial charge in [-0.3, -0.25) is 9.59 Å². The lowest BCUT2D eigenvalue weighted by Crippen LogP contribution is -2.39. The Labute approximate surface area is 139 Å². The first-order chi connectivity index (χ1) is 11.5. The maximum atomic E-state index is 13.0. The molecule has 0 aromatic heterocycles. The molecule has 126 valence electrons. The van der Waals surface area contributed by atoms with E-state index in [2.05, 4.69) is 5.32 Å². The molecule has 0 radical (unpaired) electrons. The van der Waals surface area contributed by atoms with Crippen LogP contribution in [0.4, 0.5) is 4.39 Å². The van der Waals surface area contributed by atoms with Gasteiger partial charge in [0, 0.05) is 0 Å². The van der Waals surface area contributed by atoms with E-state index >= 15 is 0 Å².